The summed E-state index contributed by atoms with van der Waals surface area (Å²) in [6, 6.07) is 14.6. The number of methoxy groups -OCH3 is 1. The number of carbonyl (C=O) groups excluding carboxylic acids is 3. The highest BCUT2D eigenvalue weighted by Gasteiger charge is 2.28. The van der Waals surface area contributed by atoms with Gasteiger partial charge in [0.2, 0.25) is 11.8 Å². The Balaban J connectivity index is 1.52. The number of hydrogen-bond donors (Lipinski definition) is 1. The molecule has 1 saturated heterocycles. The number of nitriles is 1. The van der Waals surface area contributed by atoms with Crippen molar-refractivity contribution >= 4 is 17.8 Å². The molecule has 42 heavy (non-hydrogen) atoms. The number of rotatable bonds is 14. The van der Waals surface area contributed by atoms with Crippen LogP contribution in [-0.4, -0.2) is 67.4 Å². The maximum absolute atomic E-state index is 12.8. The van der Waals surface area contributed by atoms with Gasteiger partial charge < -0.3 is 19.7 Å². The molecule has 0 spiro atoms. The molecule has 3 rings (SSSR count). The zero-order valence-electron chi connectivity index (χ0n) is 25.0. The van der Waals surface area contributed by atoms with E-state index in [4.69, 9.17) is 9.47 Å². The summed E-state index contributed by atoms with van der Waals surface area (Å²) in [5.74, 6) is 0.104. The Hall–Kier alpha value is -4.16. The van der Waals surface area contributed by atoms with Crippen molar-refractivity contribution in [2.75, 3.05) is 39.8 Å². The van der Waals surface area contributed by atoms with Crippen LogP contribution in [0.5, 0.6) is 5.75 Å². The summed E-state index contributed by atoms with van der Waals surface area (Å²) in [6.07, 6.45) is 4.79. The average molecular weight is 575 g/mol. The molecule has 1 fully saturated rings. The van der Waals surface area contributed by atoms with E-state index in [1.807, 2.05) is 24.3 Å². The maximum Gasteiger partial charge on any atom is 0.337 e. The topological polar surface area (TPSA) is 112 Å². The number of piperazine rings is 1. The number of hydrogen-bond acceptors (Lipinski definition) is 7. The van der Waals surface area contributed by atoms with Crippen molar-refractivity contribution in [2.24, 2.45) is 5.41 Å². The van der Waals surface area contributed by atoms with Gasteiger partial charge in [0, 0.05) is 44.7 Å². The van der Waals surface area contributed by atoms with Crippen molar-refractivity contribution in [1.82, 2.24) is 15.1 Å². The largest absolute Gasteiger partial charge is 0.489 e. The van der Waals surface area contributed by atoms with Gasteiger partial charge in [-0.3, -0.25) is 14.5 Å². The van der Waals surface area contributed by atoms with E-state index in [1.165, 1.54) is 7.11 Å². The lowest BCUT2D eigenvalue weighted by Gasteiger charge is -2.35. The Kier molecular flexibility index (Phi) is 12.1. The third-order valence-corrected chi connectivity index (χ3v) is 8.13. The molecule has 0 aliphatic carbocycles. The Morgan fingerprint density at radius 3 is 2.36 bits per heavy atom. The maximum atomic E-state index is 12.8. The lowest BCUT2D eigenvalue weighted by Crippen LogP contribution is -2.51. The molecule has 9 nitrogen and oxygen atoms in total. The van der Waals surface area contributed by atoms with Crippen LogP contribution in [0, 0.1) is 16.7 Å². The van der Waals surface area contributed by atoms with Crippen LogP contribution < -0.4 is 10.1 Å². The quantitative estimate of drug-likeness (QED) is 0.262. The van der Waals surface area contributed by atoms with Crippen LogP contribution in [0.15, 0.2) is 55.1 Å². The molecule has 2 amide bonds. The number of allylic oxidation sites excluding steroid dienone is 1. The molecule has 0 atom stereocenters. The summed E-state index contributed by atoms with van der Waals surface area (Å²) in [6.45, 7) is 11.3. The van der Waals surface area contributed by atoms with E-state index in [2.05, 4.69) is 36.7 Å². The van der Waals surface area contributed by atoms with Gasteiger partial charge in [0.1, 0.15) is 12.4 Å². The number of benzene rings is 2. The first kappa shape index (κ1) is 32.4. The number of amides is 2. The van der Waals surface area contributed by atoms with Crippen LogP contribution in [0.1, 0.15) is 66.6 Å². The molecule has 0 unspecified atom stereocenters. The minimum absolute atomic E-state index is 0.000752. The summed E-state index contributed by atoms with van der Waals surface area (Å²) >= 11 is 0. The molecule has 9 heteroatoms. The highest BCUT2D eigenvalue weighted by molar-refractivity contribution is 5.89. The monoisotopic (exact) mass is 574 g/mol. The molecule has 2 aromatic carbocycles. The van der Waals surface area contributed by atoms with E-state index < -0.39 is 5.97 Å². The van der Waals surface area contributed by atoms with Crippen LogP contribution in [0.4, 0.5) is 0 Å². The third kappa shape index (κ3) is 8.92. The van der Waals surface area contributed by atoms with E-state index in [0.717, 1.165) is 30.4 Å². The Morgan fingerprint density at radius 1 is 1.07 bits per heavy atom. The first-order valence-electron chi connectivity index (χ1n) is 14.5. The molecular formula is C33H42N4O5. The summed E-state index contributed by atoms with van der Waals surface area (Å²) in [5.41, 5.74) is 2.70. The molecule has 224 valence electrons. The van der Waals surface area contributed by atoms with E-state index >= 15 is 0 Å². The van der Waals surface area contributed by atoms with Crippen LogP contribution in [0.2, 0.25) is 0 Å². The van der Waals surface area contributed by atoms with Gasteiger partial charge in [-0.2, -0.15) is 5.26 Å². The molecule has 1 aliphatic rings. The molecule has 1 N–H and O–H groups in total. The summed E-state index contributed by atoms with van der Waals surface area (Å²) in [7, 11) is 1.35. The van der Waals surface area contributed by atoms with Gasteiger partial charge >= 0.3 is 5.97 Å². The molecule has 0 aromatic heterocycles. The van der Waals surface area contributed by atoms with Crippen LogP contribution in [0.25, 0.3) is 0 Å². The second-order valence-electron chi connectivity index (χ2n) is 10.7. The second-order valence-corrected chi connectivity index (χ2v) is 10.7. The lowest BCUT2D eigenvalue weighted by molar-refractivity contribution is -0.134. The Bertz CT molecular complexity index is 1270. The van der Waals surface area contributed by atoms with Crippen molar-refractivity contribution in [3.05, 3.63) is 77.4 Å². The van der Waals surface area contributed by atoms with E-state index in [1.54, 1.807) is 29.2 Å². The second kappa shape index (κ2) is 15.7. The number of nitrogens with zero attached hydrogens (tertiary/aromatic N) is 3. The molecule has 1 heterocycles. The first-order valence-corrected chi connectivity index (χ1v) is 14.5. The molecule has 1 aliphatic heterocycles. The van der Waals surface area contributed by atoms with Gasteiger partial charge in [-0.25, -0.2) is 4.79 Å². The minimum Gasteiger partial charge on any atom is -0.489 e. The van der Waals surface area contributed by atoms with Crippen molar-refractivity contribution in [3.63, 3.8) is 0 Å². The van der Waals surface area contributed by atoms with Gasteiger partial charge in [-0.05, 0) is 60.6 Å². The Morgan fingerprint density at radius 2 is 1.76 bits per heavy atom. The summed E-state index contributed by atoms with van der Waals surface area (Å²) in [5, 5.41) is 12.3. The van der Waals surface area contributed by atoms with Gasteiger partial charge in [-0.1, -0.05) is 32.1 Å². The van der Waals surface area contributed by atoms with Crippen molar-refractivity contribution in [3.8, 4) is 11.8 Å². The van der Waals surface area contributed by atoms with Gasteiger partial charge in [0.25, 0.3) is 0 Å². The molecule has 0 bridgehead atoms. The predicted molar refractivity (Wildman–Crippen MR) is 161 cm³/mol. The van der Waals surface area contributed by atoms with Crippen molar-refractivity contribution < 1.29 is 23.9 Å². The van der Waals surface area contributed by atoms with Gasteiger partial charge in [0.05, 0.1) is 30.9 Å². The normalized spacial score (nSPS) is 13.6. The lowest BCUT2D eigenvalue weighted by atomic mass is 9.76. The summed E-state index contributed by atoms with van der Waals surface area (Å²) < 4.78 is 10.9. The molecule has 0 saturated carbocycles. The number of carbonyl (C=O) groups is 3. The van der Waals surface area contributed by atoms with E-state index in [9.17, 15) is 19.6 Å². The standard InChI is InChI=1S/C33H42N4O5/c1-5-14-33(6-2,7-3)20-30(38)35-22-31(39)37-17-15-36(16-18-37)23-28-19-26(21-34)10-13-29(28)42-24-25-8-11-27(12-9-25)32(40)41-4/h5,8-13,19H,1,6-7,14-18,20,22-24H2,2-4H3,(H,35,38). The molecule has 2 aromatic rings. The van der Waals surface area contributed by atoms with Gasteiger partial charge in [0.15, 0.2) is 0 Å². The number of nitrogens with one attached hydrogen (secondary N) is 1. The molecule has 0 radical (unpaired) electrons. The van der Waals surface area contributed by atoms with Crippen molar-refractivity contribution in [1.29, 1.82) is 5.26 Å². The van der Waals surface area contributed by atoms with Crippen LogP contribution in [-0.2, 0) is 27.5 Å². The summed E-state index contributed by atoms with van der Waals surface area (Å²) in [4.78, 5) is 41.1. The number of esters is 1. The minimum atomic E-state index is -0.391. The SMILES string of the molecule is C=CCC(CC)(CC)CC(=O)NCC(=O)N1CCN(Cc2cc(C#N)ccc2OCc2ccc(C(=O)OC)cc2)CC1. The van der Waals surface area contributed by atoms with E-state index in [0.29, 0.717) is 62.6 Å². The first-order chi connectivity index (χ1) is 20.3. The van der Waals surface area contributed by atoms with Gasteiger partial charge in [-0.15, -0.1) is 6.58 Å². The fraction of sp³-hybridized carbons (Fsp3) is 0.455. The highest BCUT2D eigenvalue weighted by Crippen LogP contribution is 2.34. The zero-order valence-corrected chi connectivity index (χ0v) is 25.0. The fourth-order valence-corrected chi connectivity index (χ4v) is 5.18. The third-order valence-electron chi connectivity index (χ3n) is 8.13. The average Bonchev–Trinajstić information content (AvgIpc) is 3.02. The Labute approximate surface area is 249 Å². The predicted octanol–water partition coefficient (Wildman–Crippen LogP) is 4.46. The highest BCUT2D eigenvalue weighted by atomic mass is 16.5. The van der Waals surface area contributed by atoms with Crippen LogP contribution in [0.3, 0.4) is 0 Å². The smallest absolute Gasteiger partial charge is 0.337 e. The zero-order chi connectivity index (χ0) is 30.5. The van der Waals surface area contributed by atoms with Crippen molar-refractivity contribution in [2.45, 2.75) is 52.7 Å². The van der Waals surface area contributed by atoms with E-state index in [-0.39, 0.29) is 23.8 Å². The van der Waals surface area contributed by atoms with Crippen LogP contribution >= 0.6 is 0 Å². The molecular weight excluding hydrogens is 532 g/mol. The number of ether oxygens (including phenoxy) is 2. The fourth-order valence-electron chi connectivity index (χ4n) is 5.18.